The number of carbonyl (C=O) groups excluding carboxylic acids is 2. The summed E-state index contributed by atoms with van der Waals surface area (Å²) >= 11 is 0. The molecule has 7 nitrogen and oxygen atoms in total. The molecule has 110 valence electrons. The van der Waals surface area contributed by atoms with Crippen molar-refractivity contribution in [3.8, 4) is 0 Å². The molecule has 20 heavy (non-hydrogen) atoms. The SMILES string of the molecule is COC(=O)c1cccc(S(=O)(=O)NNC(=O)C(C)C)c1. The second kappa shape index (κ2) is 6.49. The number of sulfonamides is 1. The molecule has 0 unspecified atom stereocenters. The normalized spacial score (nSPS) is 11.2. The number of nitrogens with one attached hydrogen (secondary N) is 2. The van der Waals surface area contributed by atoms with Gasteiger partial charge in [0.2, 0.25) is 5.91 Å². The van der Waals surface area contributed by atoms with Crippen LogP contribution in [0.2, 0.25) is 0 Å². The maximum atomic E-state index is 11.9. The Bertz CT molecular complexity index is 610. The summed E-state index contributed by atoms with van der Waals surface area (Å²) in [5, 5.41) is 0. The van der Waals surface area contributed by atoms with E-state index < -0.39 is 21.9 Å². The monoisotopic (exact) mass is 300 g/mol. The molecule has 1 aromatic rings. The average Bonchev–Trinajstić information content (AvgIpc) is 2.43. The number of benzene rings is 1. The van der Waals surface area contributed by atoms with Crippen molar-refractivity contribution in [1.82, 2.24) is 10.3 Å². The van der Waals surface area contributed by atoms with Gasteiger partial charge in [-0.3, -0.25) is 10.2 Å². The molecule has 0 aromatic heterocycles. The second-order valence-corrected chi connectivity index (χ2v) is 5.95. The molecular formula is C12H16N2O5S. The Morgan fingerprint density at radius 3 is 2.45 bits per heavy atom. The van der Waals surface area contributed by atoms with E-state index in [0.29, 0.717) is 0 Å². The molecule has 8 heteroatoms. The Hall–Kier alpha value is -1.93. The van der Waals surface area contributed by atoms with Crippen molar-refractivity contribution in [2.75, 3.05) is 7.11 Å². The van der Waals surface area contributed by atoms with E-state index in [1.807, 2.05) is 4.83 Å². The van der Waals surface area contributed by atoms with Gasteiger partial charge in [0.15, 0.2) is 0 Å². The molecule has 2 N–H and O–H groups in total. The number of hydrogen-bond acceptors (Lipinski definition) is 5. The molecule has 0 spiro atoms. The number of carbonyl (C=O) groups is 2. The predicted octanol–water partition coefficient (Wildman–Crippen LogP) is 0.439. The van der Waals surface area contributed by atoms with Crippen LogP contribution in [0.25, 0.3) is 0 Å². The number of hydrogen-bond donors (Lipinski definition) is 2. The summed E-state index contributed by atoms with van der Waals surface area (Å²) in [6, 6.07) is 5.30. The second-order valence-electron chi connectivity index (χ2n) is 4.27. The van der Waals surface area contributed by atoms with Crippen LogP contribution in [0, 0.1) is 5.92 Å². The molecule has 0 aliphatic carbocycles. The molecule has 0 aliphatic heterocycles. The molecule has 0 saturated carbocycles. The predicted molar refractivity (Wildman–Crippen MR) is 71.1 cm³/mol. The van der Waals surface area contributed by atoms with E-state index in [1.165, 1.54) is 25.3 Å². The van der Waals surface area contributed by atoms with Gasteiger partial charge in [-0.05, 0) is 18.2 Å². The Morgan fingerprint density at radius 1 is 1.25 bits per heavy atom. The Balaban J connectivity index is 2.93. The standard InChI is InChI=1S/C12H16N2O5S/c1-8(2)11(15)13-14-20(17,18)10-6-4-5-9(7-10)12(16)19-3/h4-8,14H,1-3H3,(H,13,15). The molecule has 0 aliphatic rings. The number of hydrazine groups is 1. The van der Waals surface area contributed by atoms with Crippen molar-refractivity contribution >= 4 is 21.9 Å². The summed E-state index contributed by atoms with van der Waals surface area (Å²) in [4.78, 5) is 24.5. The molecule has 0 atom stereocenters. The van der Waals surface area contributed by atoms with Gasteiger partial charge in [-0.25, -0.2) is 13.2 Å². The van der Waals surface area contributed by atoms with Crippen LogP contribution in [0.5, 0.6) is 0 Å². The molecule has 0 heterocycles. The minimum absolute atomic E-state index is 0.102. The highest BCUT2D eigenvalue weighted by Crippen LogP contribution is 2.11. The molecule has 1 amide bonds. The average molecular weight is 300 g/mol. The number of ether oxygens (including phenoxy) is 1. The van der Waals surface area contributed by atoms with Gasteiger partial charge in [0.25, 0.3) is 10.0 Å². The third-order valence-electron chi connectivity index (χ3n) is 2.40. The van der Waals surface area contributed by atoms with Crippen LogP contribution in [0.1, 0.15) is 24.2 Å². The zero-order valence-corrected chi connectivity index (χ0v) is 12.2. The maximum absolute atomic E-state index is 11.9. The summed E-state index contributed by atoms with van der Waals surface area (Å²) in [5.74, 6) is -1.47. The molecule has 0 bridgehead atoms. The molecule has 1 rings (SSSR count). The van der Waals surface area contributed by atoms with Gasteiger partial charge in [0, 0.05) is 5.92 Å². The van der Waals surface area contributed by atoms with Gasteiger partial charge < -0.3 is 4.74 Å². The van der Waals surface area contributed by atoms with Crippen molar-refractivity contribution in [3.05, 3.63) is 29.8 Å². The summed E-state index contributed by atoms with van der Waals surface area (Å²) < 4.78 is 28.4. The van der Waals surface area contributed by atoms with Gasteiger partial charge in [0.1, 0.15) is 0 Å². The van der Waals surface area contributed by atoms with Crippen molar-refractivity contribution in [3.63, 3.8) is 0 Å². The van der Waals surface area contributed by atoms with E-state index in [1.54, 1.807) is 13.8 Å². The third-order valence-corrected chi connectivity index (χ3v) is 3.64. The summed E-state index contributed by atoms with van der Waals surface area (Å²) in [5.41, 5.74) is 2.19. The van der Waals surface area contributed by atoms with Crippen LogP contribution in [-0.2, 0) is 19.6 Å². The van der Waals surface area contributed by atoms with Crippen LogP contribution in [-0.4, -0.2) is 27.4 Å². The summed E-state index contributed by atoms with van der Waals surface area (Å²) in [7, 11) is -2.74. The minimum Gasteiger partial charge on any atom is -0.465 e. The fourth-order valence-corrected chi connectivity index (χ4v) is 2.12. The van der Waals surface area contributed by atoms with Crippen LogP contribution in [0.15, 0.2) is 29.2 Å². The van der Waals surface area contributed by atoms with Crippen LogP contribution < -0.4 is 10.3 Å². The first-order valence-electron chi connectivity index (χ1n) is 5.78. The van der Waals surface area contributed by atoms with Crippen molar-refractivity contribution in [1.29, 1.82) is 0 Å². The van der Waals surface area contributed by atoms with Crippen LogP contribution in [0.4, 0.5) is 0 Å². The van der Waals surface area contributed by atoms with Crippen molar-refractivity contribution in [2.45, 2.75) is 18.7 Å². The first kappa shape index (κ1) is 16.1. The highest BCUT2D eigenvalue weighted by Gasteiger charge is 2.18. The van der Waals surface area contributed by atoms with E-state index in [9.17, 15) is 18.0 Å². The molecule has 1 aromatic carbocycles. The van der Waals surface area contributed by atoms with E-state index in [4.69, 9.17) is 0 Å². The topological polar surface area (TPSA) is 102 Å². The lowest BCUT2D eigenvalue weighted by atomic mass is 10.2. The highest BCUT2D eigenvalue weighted by molar-refractivity contribution is 7.89. The number of methoxy groups -OCH3 is 1. The minimum atomic E-state index is -3.94. The fraction of sp³-hybridized carbons (Fsp3) is 0.333. The number of esters is 1. The van der Waals surface area contributed by atoms with E-state index in [-0.39, 0.29) is 16.4 Å². The first-order valence-corrected chi connectivity index (χ1v) is 7.26. The molecule has 0 saturated heterocycles. The maximum Gasteiger partial charge on any atom is 0.337 e. The summed E-state index contributed by atoms with van der Waals surface area (Å²) in [6.07, 6.45) is 0. The van der Waals surface area contributed by atoms with Gasteiger partial charge in [-0.15, -0.1) is 4.83 Å². The zero-order valence-electron chi connectivity index (χ0n) is 11.3. The van der Waals surface area contributed by atoms with E-state index in [0.717, 1.165) is 6.07 Å². The lowest BCUT2D eigenvalue weighted by Gasteiger charge is -2.10. The van der Waals surface area contributed by atoms with E-state index >= 15 is 0 Å². The fourth-order valence-electron chi connectivity index (χ4n) is 1.23. The lowest BCUT2D eigenvalue weighted by Crippen LogP contribution is -2.43. The van der Waals surface area contributed by atoms with Gasteiger partial charge >= 0.3 is 5.97 Å². The van der Waals surface area contributed by atoms with Crippen LogP contribution >= 0.6 is 0 Å². The lowest BCUT2D eigenvalue weighted by molar-refractivity contribution is -0.124. The molecule has 0 fully saturated rings. The molecule has 0 radical (unpaired) electrons. The highest BCUT2D eigenvalue weighted by atomic mass is 32.2. The third kappa shape index (κ3) is 4.04. The largest absolute Gasteiger partial charge is 0.465 e. The smallest absolute Gasteiger partial charge is 0.337 e. The van der Waals surface area contributed by atoms with Crippen molar-refractivity contribution < 1.29 is 22.7 Å². The summed E-state index contributed by atoms with van der Waals surface area (Å²) in [6.45, 7) is 3.25. The van der Waals surface area contributed by atoms with Crippen molar-refractivity contribution in [2.24, 2.45) is 5.92 Å². The van der Waals surface area contributed by atoms with Gasteiger partial charge in [-0.2, -0.15) is 0 Å². The Morgan fingerprint density at radius 2 is 1.90 bits per heavy atom. The molecular weight excluding hydrogens is 284 g/mol. The van der Waals surface area contributed by atoms with Crippen LogP contribution in [0.3, 0.4) is 0 Å². The Kier molecular flexibility index (Phi) is 5.23. The zero-order chi connectivity index (χ0) is 15.3. The number of amides is 1. The first-order chi connectivity index (χ1) is 9.27. The van der Waals surface area contributed by atoms with Gasteiger partial charge in [0.05, 0.1) is 17.6 Å². The van der Waals surface area contributed by atoms with E-state index in [2.05, 4.69) is 10.2 Å². The number of rotatable bonds is 5. The van der Waals surface area contributed by atoms with Gasteiger partial charge in [-0.1, -0.05) is 19.9 Å². The quantitative estimate of drug-likeness (QED) is 0.607. The Labute approximate surface area is 117 Å².